The lowest BCUT2D eigenvalue weighted by Crippen LogP contribution is -2.12. The summed E-state index contributed by atoms with van der Waals surface area (Å²) in [5, 5.41) is 12.3. The van der Waals surface area contributed by atoms with Crippen molar-refractivity contribution >= 4 is 39.1 Å². The summed E-state index contributed by atoms with van der Waals surface area (Å²) >= 11 is 9.14. The maximum absolute atomic E-state index is 12.1. The van der Waals surface area contributed by atoms with Gasteiger partial charge in [0.15, 0.2) is 0 Å². The Kier molecular flexibility index (Phi) is 4.58. The largest absolute Gasteiger partial charge is 0.392 e. The predicted molar refractivity (Wildman–Crippen MR) is 79.5 cm³/mol. The number of carbonyl (C=O) groups is 1. The van der Waals surface area contributed by atoms with Crippen LogP contribution in [0.15, 0.2) is 46.9 Å². The number of anilines is 1. The fourth-order valence-corrected chi connectivity index (χ4v) is 2.43. The van der Waals surface area contributed by atoms with Crippen molar-refractivity contribution in [3.63, 3.8) is 0 Å². The van der Waals surface area contributed by atoms with Gasteiger partial charge in [-0.05, 0) is 51.8 Å². The molecule has 0 saturated heterocycles. The number of carbonyl (C=O) groups excluding carboxylic acids is 1. The van der Waals surface area contributed by atoms with E-state index in [1.165, 1.54) is 0 Å². The molecule has 19 heavy (non-hydrogen) atoms. The van der Waals surface area contributed by atoms with E-state index in [2.05, 4.69) is 21.2 Å². The van der Waals surface area contributed by atoms with Crippen molar-refractivity contribution in [2.75, 3.05) is 5.32 Å². The molecule has 0 bridgehead atoms. The van der Waals surface area contributed by atoms with Gasteiger partial charge in [-0.1, -0.05) is 23.7 Å². The average Bonchev–Trinajstić information content (AvgIpc) is 2.39. The first-order chi connectivity index (χ1) is 9.10. The van der Waals surface area contributed by atoms with E-state index in [0.29, 0.717) is 20.7 Å². The number of amides is 1. The maximum Gasteiger partial charge on any atom is 0.256 e. The Balaban J connectivity index is 2.15. The number of nitrogens with one attached hydrogen (secondary N) is 1. The molecular weight excluding hydrogens is 330 g/mol. The molecular formula is C14H11BrClNO2. The van der Waals surface area contributed by atoms with E-state index in [-0.39, 0.29) is 12.5 Å². The predicted octanol–water partition coefficient (Wildman–Crippen LogP) is 3.85. The van der Waals surface area contributed by atoms with Crippen LogP contribution < -0.4 is 5.32 Å². The van der Waals surface area contributed by atoms with Crippen LogP contribution >= 0.6 is 27.5 Å². The molecule has 0 aromatic heterocycles. The van der Waals surface area contributed by atoms with E-state index in [1.54, 1.807) is 42.5 Å². The number of hydrogen-bond donors (Lipinski definition) is 2. The van der Waals surface area contributed by atoms with Crippen molar-refractivity contribution in [3.05, 3.63) is 63.1 Å². The zero-order valence-electron chi connectivity index (χ0n) is 9.86. The summed E-state index contributed by atoms with van der Waals surface area (Å²) in [7, 11) is 0. The minimum absolute atomic E-state index is 0.0169. The lowest BCUT2D eigenvalue weighted by molar-refractivity contribution is 0.102. The first-order valence-electron chi connectivity index (χ1n) is 5.56. The number of aliphatic hydroxyl groups is 1. The molecule has 0 unspecified atom stereocenters. The van der Waals surface area contributed by atoms with Gasteiger partial charge in [-0.3, -0.25) is 4.79 Å². The topological polar surface area (TPSA) is 49.3 Å². The van der Waals surface area contributed by atoms with Crippen molar-refractivity contribution in [1.82, 2.24) is 0 Å². The van der Waals surface area contributed by atoms with Gasteiger partial charge >= 0.3 is 0 Å². The molecule has 0 radical (unpaired) electrons. The second kappa shape index (κ2) is 6.19. The third-order valence-electron chi connectivity index (χ3n) is 2.57. The summed E-state index contributed by atoms with van der Waals surface area (Å²) < 4.78 is 0.643. The number of hydrogen-bond acceptors (Lipinski definition) is 2. The van der Waals surface area contributed by atoms with Crippen LogP contribution in [0.5, 0.6) is 0 Å². The SMILES string of the molecule is O=C(Nc1ccc(CO)cc1)c1ccc(Cl)cc1Br. The number of benzene rings is 2. The van der Waals surface area contributed by atoms with Gasteiger partial charge in [-0.25, -0.2) is 0 Å². The highest BCUT2D eigenvalue weighted by Gasteiger charge is 2.10. The van der Waals surface area contributed by atoms with Crippen molar-refractivity contribution in [1.29, 1.82) is 0 Å². The highest BCUT2D eigenvalue weighted by molar-refractivity contribution is 9.10. The number of aliphatic hydroxyl groups excluding tert-OH is 1. The fourth-order valence-electron chi connectivity index (χ4n) is 1.57. The van der Waals surface area contributed by atoms with E-state index in [9.17, 15) is 4.79 Å². The highest BCUT2D eigenvalue weighted by Crippen LogP contribution is 2.22. The van der Waals surface area contributed by atoms with Crippen molar-refractivity contribution in [2.45, 2.75) is 6.61 Å². The average molecular weight is 341 g/mol. The summed E-state index contributed by atoms with van der Waals surface area (Å²) in [4.78, 5) is 12.1. The molecule has 2 aromatic rings. The van der Waals surface area contributed by atoms with Gasteiger partial charge < -0.3 is 10.4 Å². The zero-order chi connectivity index (χ0) is 13.8. The Morgan fingerprint density at radius 3 is 2.47 bits per heavy atom. The second-order valence-corrected chi connectivity index (χ2v) is 5.22. The van der Waals surface area contributed by atoms with E-state index in [0.717, 1.165) is 5.56 Å². The first-order valence-corrected chi connectivity index (χ1v) is 6.73. The van der Waals surface area contributed by atoms with Crippen molar-refractivity contribution < 1.29 is 9.90 Å². The van der Waals surface area contributed by atoms with Gasteiger partial charge in [0.2, 0.25) is 0 Å². The lowest BCUT2D eigenvalue weighted by Gasteiger charge is -2.07. The molecule has 1 amide bonds. The number of rotatable bonds is 3. The van der Waals surface area contributed by atoms with E-state index in [4.69, 9.17) is 16.7 Å². The molecule has 2 N–H and O–H groups in total. The summed E-state index contributed by atoms with van der Waals surface area (Å²) in [6.07, 6.45) is 0. The normalized spacial score (nSPS) is 10.3. The van der Waals surface area contributed by atoms with Crippen molar-refractivity contribution in [3.8, 4) is 0 Å². The van der Waals surface area contributed by atoms with Gasteiger partial charge in [0.05, 0.1) is 12.2 Å². The monoisotopic (exact) mass is 339 g/mol. The number of halogens is 2. The molecule has 98 valence electrons. The molecule has 0 heterocycles. The minimum Gasteiger partial charge on any atom is -0.392 e. The summed E-state index contributed by atoms with van der Waals surface area (Å²) in [5.74, 6) is -0.222. The first kappa shape index (κ1) is 14.1. The summed E-state index contributed by atoms with van der Waals surface area (Å²) in [6, 6.07) is 12.0. The molecule has 0 fully saturated rings. The fraction of sp³-hybridized carbons (Fsp3) is 0.0714. The third-order valence-corrected chi connectivity index (χ3v) is 3.46. The molecule has 5 heteroatoms. The maximum atomic E-state index is 12.1. The Hall–Kier alpha value is -1.36. The molecule has 2 aromatic carbocycles. The van der Waals surface area contributed by atoms with Crippen LogP contribution in [0, 0.1) is 0 Å². The smallest absolute Gasteiger partial charge is 0.256 e. The summed E-state index contributed by atoms with van der Waals surface area (Å²) in [6.45, 7) is -0.0169. The zero-order valence-corrected chi connectivity index (χ0v) is 12.2. The van der Waals surface area contributed by atoms with Crippen LogP contribution in [0.4, 0.5) is 5.69 Å². The summed E-state index contributed by atoms with van der Waals surface area (Å²) in [5.41, 5.74) is 1.98. The molecule has 3 nitrogen and oxygen atoms in total. The molecule has 0 aliphatic carbocycles. The van der Waals surface area contributed by atoms with Crippen LogP contribution in [0.3, 0.4) is 0 Å². The molecule has 0 spiro atoms. The third kappa shape index (κ3) is 3.56. The Morgan fingerprint density at radius 2 is 1.89 bits per heavy atom. The van der Waals surface area contributed by atoms with Gasteiger partial charge in [0, 0.05) is 15.2 Å². The van der Waals surface area contributed by atoms with Crippen molar-refractivity contribution in [2.24, 2.45) is 0 Å². The van der Waals surface area contributed by atoms with Crippen LogP contribution in [-0.2, 0) is 6.61 Å². The lowest BCUT2D eigenvalue weighted by atomic mass is 10.2. The van der Waals surface area contributed by atoms with Gasteiger partial charge in [0.25, 0.3) is 5.91 Å². The molecule has 0 atom stereocenters. The van der Waals surface area contributed by atoms with Gasteiger partial charge in [-0.2, -0.15) is 0 Å². The standard InChI is InChI=1S/C14H11BrClNO2/c15-13-7-10(16)3-6-12(13)14(19)17-11-4-1-9(8-18)2-5-11/h1-7,18H,8H2,(H,17,19). The van der Waals surface area contributed by atoms with E-state index in [1.807, 2.05) is 0 Å². The Labute approximate surface area is 124 Å². The van der Waals surface area contributed by atoms with Crippen LogP contribution in [-0.4, -0.2) is 11.0 Å². The Morgan fingerprint density at radius 1 is 1.21 bits per heavy atom. The van der Waals surface area contributed by atoms with Gasteiger partial charge in [0.1, 0.15) is 0 Å². The van der Waals surface area contributed by atoms with Crippen LogP contribution in [0.2, 0.25) is 5.02 Å². The van der Waals surface area contributed by atoms with E-state index < -0.39 is 0 Å². The minimum atomic E-state index is -0.222. The quantitative estimate of drug-likeness (QED) is 0.891. The molecule has 2 rings (SSSR count). The highest BCUT2D eigenvalue weighted by atomic mass is 79.9. The van der Waals surface area contributed by atoms with Crippen LogP contribution in [0.1, 0.15) is 15.9 Å². The van der Waals surface area contributed by atoms with Crippen LogP contribution in [0.25, 0.3) is 0 Å². The molecule has 0 aliphatic rings. The Bertz CT molecular complexity index is 599. The molecule has 0 aliphatic heterocycles. The van der Waals surface area contributed by atoms with Gasteiger partial charge in [-0.15, -0.1) is 0 Å². The second-order valence-electron chi connectivity index (χ2n) is 3.93. The molecule has 0 saturated carbocycles. The van der Waals surface area contributed by atoms with E-state index >= 15 is 0 Å².